The molecule has 0 bridgehead atoms. The first-order valence-electron chi connectivity index (χ1n) is 5.62. The maximum atomic E-state index is 10.9. The zero-order valence-corrected chi connectivity index (χ0v) is 11.7. The van der Waals surface area contributed by atoms with Gasteiger partial charge in [0.15, 0.2) is 0 Å². The van der Waals surface area contributed by atoms with Crippen molar-refractivity contribution in [2.24, 2.45) is 5.73 Å². The van der Waals surface area contributed by atoms with Gasteiger partial charge in [-0.15, -0.1) is 0 Å². The number of carbonyl (C=O) groups excluding carboxylic acids is 1. The average molecular weight is 321 g/mol. The summed E-state index contributed by atoms with van der Waals surface area (Å²) in [6, 6.07) is 12.3. The van der Waals surface area contributed by atoms with Crippen LogP contribution in [0.25, 0.3) is 0 Å². The molecule has 0 radical (unpaired) electrons. The first-order chi connectivity index (χ1) is 9.04. The van der Waals surface area contributed by atoms with Crippen molar-refractivity contribution in [2.45, 2.75) is 6.61 Å². The summed E-state index contributed by atoms with van der Waals surface area (Å²) >= 11 is 3.38. The molecule has 0 aliphatic heterocycles. The predicted octanol–water partition coefficient (Wildman–Crippen LogP) is 2.71. The standard InChI is InChI=1S/C14H13BrN2O2/c15-11-5-9(6-12(16)7-11)8-19-13-3-1-10(2-4-13)14(17)18/h1-7H,8,16H2,(H2,17,18). The number of nitrogens with two attached hydrogens (primary N) is 2. The van der Waals surface area contributed by atoms with Crippen LogP contribution in [0.2, 0.25) is 0 Å². The van der Waals surface area contributed by atoms with Gasteiger partial charge in [-0.25, -0.2) is 0 Å². The minimum atomic E-state index is -0.452. The molecular weight excluding hydrogens is 308 g/mol. The number of nitrogen functional groups attached to an aromatic ring is 1. The third-order valence-electron chi connectivity index (χ3n) is 2.52. The molecule has 2 rings (SSSR count). The lowest BCUT2D eigenvalue weighted by molar-refractivity contribution is 0.100. The Morgan fingerprint density at radius 1 is 1.16 bits per heavy atom. The van der Waals surface area contributed by atoms with Crippen LogP contribution in [0.5, 0.6) is 5.75 Å². The number of carbonyl (C=O) groups is 1. The van der Waals surface area contributed by atoms with Crippen LogP contribution >= 0.6 is 15.9 Å². The highest BCUT2D eigenvalue weighted by Crippen LogP contribution is 2.19. The van der Waals surface area contributed by atoms with Crippen molar-refractivity contribution >= 4 is 27.5 Å². The topological polar surface area (TPSA) is 78.3 Å². The molecule has 4 nitrogen and oxygen atoms in total. The molecule has 0 atom stereocenters. The highest BCUT2D eigenvalue weighted by Gasteiger charge is 2.02. The lowest BCUT2D eigenvalue weighted by atomic mass is 10.2. The van der Waals surface area contributed by atoms with Gasteiger partial charge in [0.05, 0.1) is 0 Å². The van der Waals surface area contributed by atoms with E-state index in [-0.39, 0.29) is 0 Å². The maximum absolute atomic E-state index is 10.9. The van der Waals surface area contributed by atoms with Crippen LogP contribution in [0.1, 0.15) is 15.9 Å². The molecule has 1 amide bonds. The van der Waals surface area contributed by atoms with E-state index < -0.39 is 5.91 Å². The van der Waals surface area contributed by atoms with Crippen molar-refractivity contribution in [3.63, 3.8) is 0 Å². The second-order valence-electron chi connectivity index (χ2n) is 4.07. The second-order valence-corrected chi connectivity index (χ2v) is 4.99. The van der Waals surface area contributed by atoms with Crippen molar-refractivity contribution in [3.8, 4) is 5.75 Å². The molecular formula is C14H13BrN2O2. The highest BCUT2D eigenvalue weighted by molar-refractivity contribution is 9.10. The molecule has 0 spiro atoms. The molecule has 19 heavy (non-hydrogen) atoms. The van der Waals surface area contributed by atoms with Crippen LogP contribution in [0.3, 0.4) is 0 Å². The number of ether oxygens (including phenoxy) is 1. The van der Waals surface area contributed by atoms with Gasteiger partial charge in [-0.3, -0.25) is 4.79 Å². The number of rotatable bonds is 4. The van der Waals surface area contributed by atoms with Gasteiger partial charge in [0.1, 0.15) is 12.4 Å². The molecule has 5 heteroatoms. The van der Waals surface area contributed by atoms with Gasteiger partial charge in [-0.1, -0.05) is 15.9 Å². The van der Waals surface area contributed by atoms with Crippen LogP contribution in [0, 0.1) is 0 Å². The molecule has 0 heterocycles. The molecule has 4 N–H and O–H groups in total. The number of benzene rings is 2. The fourth-order valence-electron chi connectivity index (χ4n) is 1.64. The van der Waals surface area contributed by atoms with E-state index >= 15 is 0 Å². The summed E-state index contributed by atoms with van der Waals surface area (Å²) in [5.41, 5.74) is 13.0. The van der Waals surface area contributed by atoms with Gasteiger partial charge in [0, 0.05) is 15.7 Å². The van der Waals surface area contributed by atoms with E-state index in [0.717, 1.165) is 10.0 Å². The van der Waals surface area contributed by atoms with Crippen molar-refractivity contribution in [1.29, 1.82) is 0 Å². The molecule has 0 saturated carbocycles. The van der Waals surface area contributed by atoms with Crippen LogP contribution < -0.4 is 16.2 Å². The molecule has 2 aromatic carbocycles. The first kappa shape index (κ1) is 13.4. The van der Waals surface area contributed by atoms with Crippen molar-refractivity contribution in [1.82, 2.24) is 0 Å². The fourth-order valence-corrected chi connectivity index (χ4v) is 2.20. The van der Waals surface area contributed by atoms with Gasteiger partial charge in [-0.2, -0.15) is 0 Å². The number of hydrogen-bond acceptors (Lipinski definition) is 3. The third kappa shape index (κ3) is 3.72. The molecule has 0 aliphatic carbocycles. The van der Waals surface area contributed by atoms with Gasteiger partial charge < -0.3 is 16.2 Å². The molecule has 0 saturated heterocycles. The SMILES string of the molecule is NC(=O)c1ccc(OCc2cc(N)cc(Br)c2)cc1. The number of halogens is 1. The molecule has 0 aromatic heterocycles. The molecule has 0 fully saturated rings. The molecule has 0 unspecified atom stereocenters. The monoisotopic (exact) mass is 320 g/mol. The predicted molar refractivity (Wildman–Crippen MR) is 77.8 cm³/mol. The summed E-state index contributed by atoms with van der Waals surface area (Å²) in [5.74, 6) is 0.217. The summed E-state index contributed by atoms with van der Waals surface area (Å²) in [6.45, 7) is 0.402. The summed E-state index contributed by atoms with van der Waals surface area (Å²) in [7, 11) is 0. The average Bonchev–Trinajstić information content (AvgIpc) is 2.36. The number of hydrogen-bond donors (Lipinski definition) is 2. The Hall–Kier alpha value is -2.01. The smallest absolute Gasteiger partial charge is 0.248 e. The molecule has 0 aliphatic rings. The Morgan fingerprint density at radius 2 is 1.84 bits per heavy atom. The van der Waals surface area contributed by atoms with E-state index in [2.05, 4.69) is 15.9 Å². The van der Waals surface area contributed by atoms with Crippen LogP contribution in [0.4, 0.5) is 5.69 Å². The Morgan fingerprint density at radius 3 is 2.42 bits per heavy atom. The highest BCUT2D eigenvalue weighted by atomic mass is 79.9. The Balaban J connectivity index is 2.03. The van der Waals surface area contributed by atoms with Crippen molar-refractivity contribution in [3.05, 3.63) is 58.1 Å². The van der Waals surface area contributed by atoms with Gasteiger partial charge in [0.2, 0.25) is 5.91 Å². The zero-order chi connectivity index (χ0) is 13.8. The number of anilines is 1. The van der Waals surface area contributed by atoms with Gasteiger partial charge in [-0.05, 0) is 48.0 Å². The molecule has 98 valence electrons. The summed E-state index contributed by atoms with van der Waals surface area (Å²) in [4.78, 5) is 10.9. The third-order valence-corrected chi connectivity index (χ3v) is 2.98. The Bertz CT molecular complexity index is 577. The lowest BCUT2D eigenvalue weighted by Gasteiger charge is -2.08. The van der Waals surface area contributed by atoms with E-state index in [1.165, 1.54) is 0 Å². The summed E-state index contributed by atoms with van der Waals surface area (Å²) < 4.78 is 6.52. The van der Waals surface area contributed by atoms with Crippen LogP contribution in [-0.4, -0.2) is 5.91 Å². The largest absolute Gasteiger partial charge is 0.489 e. The second kappa shape index (κ2) is 5.75. The van der Waals surface area contributed by atoms with E-state index in [0.29, 0.717) is 23.6 Å². The van der Waals surface area contributed by atoms with E-state index in [9.17, 15) is 4.79 Å². The zero-order valence-electron chi connectivity index (χ0n) is 10.1. The van der Waals surface area contributed by atoms with Gasteiger partial charge >= 0.3 is 0 Å². The van der Waals surface area contributed by atoms with Crippen LogP contribution in [0.15, 0.2) is 46.9 Å². The Kier molecular flexibility index (Phi) is 4.06. The molecule has 2 aromatic rings. The Labute approximate surface area is 119 Å². The van der Waals surface area contributed by atoms with Crippen molar-refractivity contribution < 1.29 is 9.53 Å². The van der Waals surface area contributed by atoms with E-state index in [1.807, 2.05) is 18.2 Å². The fraction of sp³-hybridized carbons (Fsp3) is 0.0714. The summed E-state index contributed by atoms with van der Waals surface area (Å²) in [5, 5.41) is 0. The maximum Gasteiger partial charge on any atom is 0.248 e. The van der Waals surface area contributed by atoms with Crippen molar-refractivity contribution in [2.75, 3.05) is 5.73 Å². The number of primary amides is 1. The minimum Gasteiger partial charge on any atom is -0.489 e. The van der Waals surface area contributed by atoms with Gasteiger partial charge in [0.25, 0.3) is 0 Å². The van der Waals surface area contributed by atoms with Crippen LogP contribution in [-0.2, 0) is 6.61 Å². The summed E-state index contributed by atoms with van der Waals surface area (Å²) in [6.07, 6.45) is 0. The normalized spacial score (nSPS) is 10.2. The quantitative estimate of drug-likeness (QED) is 0.850. The minimum absolute atomic E-state index is 0.402. The number of amides is 1. The first-order valence-corrected chi connectivity index (χ1v) is 6.41. The lowest BCUT2D eigenvalue weighted by Crippen LogP contribution is -2.10. The van der Waals surface area contributed by atoms with E-state index in [4.69, 9.17) is 16.2 Å². The van der Waals surface area contributed by atoms with E-state index in [1.54, 1.807) is 24.3 Å².